The molecule has 2 radical (unpaired) electrons. The second kappa shape index (κ2) is 10.4. The molecule has 9 heteroatoms. The molecule has 1 aromatic carbocycles. The summed E-state index contributed by atoms with van der Waals surface area (Å²) in [4.78, 5) is 28.3. The summed E-state index contributed by atoms with van der Waals surface area (Å²) in [5.41, 5.74) is -0.0787. The van der Waals surface area contributed by atoms with E-state index < -0.39 is 17.6 Å². The van der Waals surface area contributed by atoms with Gasteiger partial charge in [0, 0.05) is 51.9 Å². The van der Waals surface area contributed by atoms with Gasteiger partial charge in [-0.25, -0.2) is 14.6 Å². The summed E-state index contributed by atoms with van der Waals surface area (Å²) in [5, 5.41) is 27.3. The van der Waals surface area contributed by atoms with Crippen LogP contribution in [-0.2, 0) is 34.1 Å². The first kappa shape index (κ1) is 22.6. The number of carbonyl (C=O) groups is 2. The minimum absolute atomic E-state index is 0. The van der Waals surface area contributed by atoms with Crippen molar-refractivity contribution in [1.82, 2.24) is 9.97 Å². The van der Waals surface area contributed by atoms with Crippen LogP contribution in [0.1, 0.15) is 20.8 Å². The Morgan fingerprint density at radius 2 is 1.40 bits per heavy atom. The zero-order valence-corrected chi connectivity index (χ0v) is 14.2. The Morgan fingerprint density at radius 3 is 1.96 bits per heavy atom. The standard InChI is InChI=1S/C9H7NO.C7H5NO4.2Cu/c11-8-5-1-3-7-4-2-6-10-9(7)8;9-6(10)4-2-1-3-8-5(4)7(11)12;;/h1-6,11H;1-3H,(H,9,10)(H,11,12);;. The molecule has 3 rings (SSSR count). The molecule has 0 saturated heterocycles. The maximum atomic E-state index is 10.4. The number of carboxylic acid groups (broad SMARTS) is 2. The molecule has 2 aromatic heterocycles. The Labute approximate surface area is 163 Å². The second-order valence-electron chi connectivity index (χ2n) is 4.36. The van der Waals surface area contributed by atoms with Crippen molar-refractivity contribution in [2.45, 2.75) is 0 Å². The van der Waals surface area contributed by atoms with Crippen molar-refractivity contribution in [3.63, 3.8) is 0 Å². The third-order valence-corrected chi connectivity index (χ3v) is 2.85. The predicted octanol–water partition coefficient (Wildman–Crippen LogP) is 2.41. The molecular weight excluding hydrogens is 427 g/mol. The Balaban J connectivity index is 0.000000427. The first-order chi connectivity index (χ1) is 11.0. The molecule has 0 atom stereocenters. The first-order valence-corrected chi connectivity index (χ1v) is 6.45. The SMILES string of the molecule is O=C(O)c1cccnc1C(=O)O.Oc1cccc2cccnc12.[Cu].[Cu]. The smallest absolute Gasteiger partial charge is 0.355 e. The van der Waals surface area contributed by atoms with Gasteiger partial charge >= 0.3 is 11.9 Å². The molecule has 0 amide bonds. The van der Waals surface area contributed by atoms with E-state index in [2.05, 4.69) is 9.97 Å². The van der Waals surface area contributed by atoms with Crippen LogP contribution in [0.5, 0.6) is 5.75 Å². The van der Waals surface area contributed by atoms with E-state index in [0.29, 0.717) is 5.52 Å². The molecule has 3 aromatic rings. The van der Waals surface area contributed by atoms with E-state index in [1.165, 1.54) is 18.3 Å². The molecule has 7 nitrogen and oxygen atoms in total. The number of para-hydroxylation sites is 1. The Kier molecular flexibility index (Phi) is 9.41. The maximum absolute atomic E-state index is 10.4. The van der Waals surface area contributed by atoms with Crippen LogP contribution in [0, 0.1) is 0 Å². The van der Waals surface area contributed by atoms with Crippen molar-refractivity contribution in [3.05, 3.63) is 66.1 Å². The molecule has 0 aliphatic heterocycles. The van der Waals surface area contributed by atoms with Gasteiger partial charge in [-0.2, -0.15) is 0 Å². The molecule has 3 N–H and O–H groups in total. The van der Waals surface area contributed by atoms with Crippen molar-refractivity contribution in [3.8, 4) is 5.75 Å². The summed E-state index contributed by atoms with van der Waals surface area (Å²) in [6.45, 7) is 0. The number of aromatic nitrogens is 2. The van der Waals surface area contributed by atoms with Gasteiger partial charge in [0.25, 0.3) is 0 Å². The zero-order chi connectivity index (χ0) is 16.8. The van der Waals surface area contributed by atoms with Gasteiger partial charge in [0.2, 0.25) is 0 Å². The van der Waals surface area contributed by atoms with Gasteiger partial charge in [-0.3, -0.25) is 4.98 Å². The summed E-state index contributed by atoms with van der Waals surface area (Å²) in [6.07, 6.45) is 2.90. The Morgan fingerprint density at radius 1 is 0.800 bits per heavy atom. The Hall–Kier alpha value is -2.44. The molecule has 0 spiro atoms. The number of rotatable bonds is 2. The van der Waals surface area contributed by atoms with Crippen molar-refractivity contribution in [2.75, 3.05) is 0 Å². The molecule has 0 aliphatic rings. The van der Waals surface area contributed by atoms with Crippen molar-refractivity contribution in [1.29, 1.82) is 0 Å². The van der Waals surface area contributed by atoms with Crippen LogP contribution in [0.25, 0.3) is 10.9 Å². The number of pyridine rings is 2. The van der Waals surface area contributed by atoms with Crippen LogP contribution in [0.4, 0.5) is 0 Å². The monoisotopic (exact) mass is 438 g/mol. The van der Waals surface area contributed by atoms with E-state index in [-0.39, 0.29) is 45.5 Å². The number of aromatic hydroxyl groups is 1. The first-order valence-electron chi connectivity index (χ1n) is 6.45. The van der Waals surface area contributed by atoms with Crippen molar-refractivity contribution >= 4 is 22.8 Å². The molecule has 138 valence electrons. The predicted molar refractivity (Wildman–Crippen MR) is 81.6 cm³/mol. The normalized spacial score (nSPS) is 8.96. The van der Waals surface area contributed by atoms with Crippen LogP contribution < -0.4 is 0 Å². The summed E-state index contributed by atoms with van der Waals surface area (Å²) < 4.78 is 0. The number of hydrogen-bond acceptors (Lipinski definition) is 5. The number of aromatic carboxylic acids is 2. The van der Waals surface area contributed by atoms with Crippen LogP contribution in [-0.4, -0.2) is 37.2 Å². The fourth-order valence-corrected chi connectivity index (χ4v) is 1.84. The summed E-state index contributed by atoms with van der Waals surface area (Å²) in [7, 11) is 0. The third kappa shape index (κ3) is 5.85. The van der Waals surface area contributed by atoms with Gasteiger partial charge in [0.1, 0.15) is 11.3 Å². The van der Waals surface area contributed by atoms with Gasteiger partial charge in [-0.1, -0.05) is 18.2 Å². The molecule has 25 heavy (non-hydrogen) atoms. The molecule has 0 bridgehead atoms. The molecule has 0 aliphatic carbocycles. The average molecular weight is 439 g/mol. The molecule has 0 saturated carbocycles. The van der Waals surface area contributed by atoms with Crippen LogP contribution in [0.15, 0.2) is 54.9 Å². The fourth-order valence-electron chi connectivity index (χ4n) is 1.84. The molecule has 0 fully saturated rings. The maximum Gasteiger partial charge on any atom is 0.355 e. The third-order valence-electron chi connectivity index (χ3n) is 2.85. The van der Waals surface area contributed by atoms with E-state index in [9.17, 15) is 14.7 Å². The Bertz CT molecular complexity index is 836. The van der Waals surface area contributed by atoms with Gasteiger partial charge in [-0.05, 0) is 24.3 Å². The van der Waals surface area contributed by atoms with E-state index in [1.54, 1.807) is 18.3 Å². The van der Waals surface area contributed by atoms with Gasteiger partial charge < -0.3 is 15.3 Å². The molecular formula is C16H12Cu2N2O5. The second-order valence-corrected chi connectivity index (χ2v) is 4.36. The van der Waals surface area contributed by atoms with Gasteiger partial charge in [0.05, 0.1) is 5.56 Å². The topological polar surface area (TPSA) is 121 Å². The summed E-state index contributed by atoms with van der Waals surface area (Å²) >= 11 is 0. The van der Waals surface area contributed by atoms with E-state index >= 15 is 0 Å². The quantitative estimate of drug-likeness (QED) is 0.525. The number of phenols is 1. The van der Waals surface area contributed by atoms with Crippen molar-refractivity contribution in [2.24, 2.45) is 0 Å². The summed E-state index contributed by atoms with van der Waals surface area (Å²) in [5.74, 6) is -2.39. The number of phenolic OH excluding ortho intramolecular Hbond substituents is 1. The van der Waals surface area contributed by atoms with Crippen LogP contribution in [0.2, 0.25) is 0 Å². The minimum atomic E-state index is -1.34. The number of fused-ring (bicyclic) bond motifs is 1. The fraction of sp³-hybridized carbons (Fsp3) is 0. The number of nitrogens with zero attached hydrogens (tertiary/aromatic N) is 2. The van der Waals surface area contributed by atoms with Crippen molar-refractivity contribution < 1.29 is 59.0 Å². The number of hydrogen-bond donors (Lipinski definition) is 3. The number of carboxylic acids is 2. The average Bonchev–Trinajstić information content (AvgIpc) is 2.56. The van der Waals surface area contributed by atoms with Crippen LogP contribution in [0.3, 0.4) is 0 Å². The van der Waals surface area contributed by atoms with E-state index in [4.69, 9.17) is 10.2 Å². The van der Waals surface area contributed by atoms with Crippen LogP contribution >= 0.6 is 0 Å². The van der Waals surface area contributed by atoms with E-state index in [1.807, 2.05) is 18.2 Å². The minimum Gasteiger partial charge on any atom is -0.506 e. The van der Waals surface area contributed by atoms with Gasteiger partial charge in [-0.15, -0.1) is 0 Å². The number of benzene rings is 1. The molecule has 0 unspecified atom stereocenters. The summed E-state index contributed by atoms with van der Waals surface area (Å²) in [6, 6.07) is 11.7. The largest absolute Gasteiger partial charge is 0.506 e. The molecule has 2 heterocycles. The zero-order valence-electron chi connectivity index (χ0n) is 12.4. The van der Waals surface area contributed by atoms with E-state index in [0.717, 1.165) is 5.39 Å². The van der Waals surface area contributed by atoms with Gasteiger partial charge in [0.15, 0.2) is 5.69 Å².